The molecule has 0 radical (unpaired) electrons. The van der Waals surface area contributed by atoms with E-state index in [9.17, 15) is 0 Å². The number of benzene rings is 2. The van der Waals surface area contributed by atoms with Crippen LogP contribution in [0, 0.1) is 6.92 Å². The molecule has 0 saturated carbocycles. The van der Waals surface area contributed by atoms with Crippen LogP contribution in [0.25, 0.3) is 11.0 Å². The minimum atomic E-state index is 0.485. The summed E-state index contributed by atoms with van der Waals surface area (Å²) in [5.41, 5.74) is 5.21. The number of aromatic nitrogens is 2. The van der Waals surface area contributed by atoms with Crippen LogP contribution >= 0.6 is 12.2 Å². The highest BCUT2D eigenvalue weighted by Crippen LogP contribution is 2.30. The first-order valence-corrected chi connectivity index (χ1v) is 8.84. The molecule has 134 valence electrons. The second-order valence-electron chi connectivity index (χ2n) is 6.14. The Morgan fingerprint density at radius 1 is 1.08 bits per heavy atom. The summed E-state index contributed by atoms with van der Waals surface area (Å²) in [6, 6.07) is 12.0. The molecule has 8 heteroatoms. The fourth-order valence-corrected chi connectivity index (χ4v) is 3.25. The van der Waals surface area contributed by atoms with Gasteiger partial charge in [0.1, 0.15) is 0 Å². The van der Waals surface area contributed by atoms with E-state index >= 15 is 0 Å². The number of morpholine rings is 1. The van der Waals surface area contributed by atoms with E-state index in [-0.39, 0.29) is 0 Å². The van der Waals surface area contributed by atoms with Crippen molar-refractivity contribution in [2.24, 2.45) is 0 Å². The molecular formula is C18H19N5O2S. The Labute approximate surface area is 156 Å². The minimum absolute atomic E-state index is 0.485. The van der Waals surface area contributed by atoms with Crippen molar-refractivity contribution < 1.29 is 9.37 Å². The fraction of sp³-hybridized carbons (Fsp3) is 0.278. The first kappa shape index (κ1) is 16.7. The maximum absolute atomic E-state index is 5.43. The van der Waals surface area contributed by atoms with E-state index in [0.29, 0.717) is 23.8 Å². The highest BCUT2D eigenvalue weighted by atomic mass is 32.1. The van der Waals surface area contributed by atoms with Crippen LogP contribution in [0.15, 0.2) is 41.0 Å². The number of ether oxygens (including phenoxy) is 1. The van der Waals surface area contributed by atoms with Crippen molar-refractivity contribution in [3.63, 3.8) is 0 Å². The number of fused-ring (bicyclic) bond motifs is 1. The molecule has 1 aliphatic rings. The average molecular weight is 369 g/mol. The van der Waals surface area contributed by atoms with Crippen molar-refractivity contribution in [3.05, 3.63) is 42.0 Å². The number of hydrogen-bond acceptors (Lipinski definition) is 6. The Kier molecular flexibility index (Phi) is 4.68. The van der Waals surface area contributed by atoms with Crippen LogP contribution in [0.2, 0.25) is 0 Å². The van der Waals surface area contributed by atoms with Gasteiger partial charge in [-0.1, -0.05) is 12.1 Å². The number of thiocarbonyl (C=S) groups is 1. The highest BCUT2D eigenvalue weighted by Gasteiger charge is 2.19. The summed E-state index contributed by atoms with van der Waals surface area (Å²) in [6.45, 7) is 5.09. The lowest BCUT2D eigenvalue weighted by molar-refractivity contribution is 0.123. The lowest BCUT2D eigenvalue weighted by Crippen LogP contribution is -2.36. The van der Waals surface area contributed by atoms with Gasteiger partial charge in [0.05, 0.1) is 24.6 Å². The fourth-order valence-electron chi connectivity index (χ4n) is 3.02. The third-order valence-electron chi connectivity index (χ3n) is 4.27. The van der Waals surface area contributed by atoms with Gasteiger partial charge in [0.25, 0.3) is 0 Å². The lowest BCUT2D eigenvalue weighted by atomic mass is 10.2. The van der Waals surface area contributed by atoms with Crippen molar-refractivity contribution in [1.29, 1.82) is 0 Å². The van der Waals surface area contributed by atoms with Crippen LogP contribution in [0.5, 0.6) is 0 Å². The van der Waals surface area contributed by atoms with Crippen molar-refractivity contribution in [2.75, 3.05) is 41.8 Å². The topological polar surface area (TPSA) is 75.5 Å². The van der Waals surface area contributed by atoms with Crippen LogP contribution in [-0.4, -0.2) is 41.7 Å². The molecule has 3 aromatic rings. The van der Waals surface area contributed by atoms with Crippen LogP contribution in [0.1, 0.15) is 5.56 Å². The van der Waals surface area contributed by atoms with E-state index in [1.165, 1.54) is 0 Å². The Balaban J connectivity index is 1.55. The summed E-state index contributed by atoms with van der Waals surface area (Å²) in [5.74, 6) is 0. The smallest absolute Gasteiger partial charge is 0.175 e. The largest absolute Gasteiger partial charge is 0.378 e. The van der Waals surface area contributed by atoms with E-state index < -0.39 is 0 Å². The van der Waals surface area contributed by atoms with Crippen LogP contribution in [0.4, 0.5) is 17.1 Å². The average Bonchev–Trinajstić information content (AvgIpc) is 3.13. The highest BCUT2D eigenvalue weighted by molar-refractivity contribution is 7.80. The summed E-state index contributed by atoms with van der Waals surface area (Å²) < 4.78 is 10.4. The van der Waals surface area contributed by atoms with Crippen molar-refractivity contribution >= 4 is 45.4 Å². The molecule has 1 saturated heterocycles. The van der Waals surface area contributed by atoms with Gasteiger partial charge >= 0.3 is 0 Å². The normalized spacial score (nSPS) is 14.4. The van der Waals surface area contributed by atoms with Gasteiger partial charge in [0.2, 0.25) is 0 Å². The third kappa shape index (κ3) is 3.47. The molecule has 1 aliphatic heterocycles. The zero-order valence-electron chi connectivity index (χ0n) is 14.4. The Morgan fingerprint density at radius 3 is 2.69 bits per heavy atom. The Bertz CT molecular complexity index is 936. The van der Waals surface area contributed by atoms with Gasteiger partial charge in [-0.25, -0.2) is 4.63 Å². The zero-order chi connectivity index (χ0) is 17.9. The summed E-state index contributed by atoms with van der Waals surface area (Å²) in [7, 11) is 0. The second kappa shape index (κ2) is 7.27. The molecule has 1 aromatic heterocycles. The molecule has 1 fully saturated rings. The quantitative estimate of drug-likeness (QED) is 0.682. The third-order valence-corrected chi connectivity index (χ3v) is 4.47. The molecule has 2 heterocycles. The monoisotopic (exact) mass is 369 g/mol. The lowest BCUT2D eigenvalue weighted by Gasteiger charge is -2.28. The van der Waals surface area contributed by atoms with Crippen molar-refractivity contribution in [2.45, 2.75) is 6.92 Å². The van der Waals surface area contributed by atoms with Gasteiger partial charge in [-0.3, -0.25) is 0 Å². The van der Waals surface area contributed by atoms with E-state index in [1.807, 2.05) is 43.3 Å². The van der Waals surface area contributed by atoms with Gasteiger partial charge in [-0.05, 0) is 59.3 Å². The summed E-state index contributed by atoms with van der Waals surface area (Å²) in [5, 5.41) is 15.0. The van der Waals surface area contributed by atoms with E-state index in [4.69, 9.17) is 21.6 Å². The molecule has 0 bridgehead atoms. The van der Waals surface area contributed by atoms with Gasteiger partial charge in [0.15, 0.2) is 16.1 Å². The first-order valence-electron chi connectivity index (χ1n) is 8.43. The van der Waals surface area contributed by atoms with E-state index in [1.54, 1.807) is 0 Å². The molecule has 2 aromatic carbocycles. The maximum Gasteiger partial charge on any atom is 0.175 e. The zero-order valence-corrected chi connectivity index (χ0v) is 15.2. The number of nitrogens with one attached hydrogen (secondary N) is 2. The minimum Gasteiger partial charge on any atom is -0.378 e. The van der Waals surface area contributed by atoms with Crippen LogP contribution in [0.3, 0.4) is 0 Å². The Morgan fingerprint density at radius 2 is 1.88 bits per heavy atom. The SMILES string of the molecule is Cc1cccc(NC(=S)Nc2ccc(N3CCOCC3)c3nonc23)c1. The maximum atomic E-state index is 5.43. The molecule has 0 amide bonds. The number of hydrogen-bond donors (Lipinski definition) is 2. The van der Waals surface area contributed by atoms with Crippen LogP contribution in [-0.2, 0) is 4.74 Å². The molecule has 7 nitrogen and oxygen atoms in total. The molecule has 0 unspecified atom stereocenters. The van der Waals surface area contributed by atoms with E-state index in [2.05, 4.69) is 25.8 Å². The van der Waals surface area contributed by atoms with Gasteiger partial charge in [-0.2, -0.15) is 0 Å². The molecule has 2 N–H and O–H groups in total. The van der Waals surface area contributed by atoms with Gasteiger partial charge in [-0.15, -0.1) is 0 Å². The number of rotatable bonds is 3. The second-order valence-corrected chi connectivity index (χ2v) is 6.55. The van der Waals surface area contributed by atoms with Gasteiger partial charge < -0.3 is 20.3 Å². The standard InChI is InChI=1S/C18H19N5O2S/c1-12-3-2-4-13(11-12)19-18(26)20-14-5-6-15(17-16(14)21-25-22-17)23-7-9-24-10-8-23/h2-6,11H,7-10H2,1H3,(H2,19,20,26). The molecule has 0 atom stereocenters. The predicted molar refractivity (Wildman–Crippen MR) is 106 cm³/mol. The Hall–Kier alpha value is -2.71. The molecule has 26 heavy (non-hydrogen) atoms. The van der Waals surface area contributed by atoms with Crippen molar-refractivity contribution in [1.82, 2.24) is 10.3 Å². The summed E-state index contributed by atoms with van der Waals surface area (Å²) >= 11 is 5.43. The van der Waals surface area contributed by atoms with Crippen LogP contribution < -0.4 is 15.5 Å². The van der Waals surface area contributed by atoms with Crippen molar-refractivity contribution in [3.8, 4) is 0 Å². The summed E-state index contributed by atoms with van der Waals surface area (Å²) in [4.78, 5) is 2.23. The predicted octanol–water partition coefficient (Wildman–Crippen LogP) is 3.18. The molecule has 0 aliphatic carbocycles. The summed E-state index contributed by atoms with van der Waals surface area (Å²) in [6.07, 6.45) is 0. The number of aryl methyl sites for hydroxylation is 1. The number of anilines is 3. The van der Waals surface area contributed by atoms with Gasteiger partial charge in [0, 0.05) is 18.8 Å². The molecular weight excluding hydrogens is 350 g/mol. The van der Waals surface area contributed by atoms with E-state index in [0.717, 1.165) is 41.2 Å². The number of nitrogens with zero attached hydrogens (tertiary/aromatic N) is 3. The molecule has 4 rings (SSSR count). The first-order chi connectivity index (χ1) is 12.7. The molecule has 0 spiro atoms.